The predicted molar refractivity (Wildman–Crippen MR) is 92.0 cm³/mol. The third-order valence-electron chi connectivity index (χ3n) is 3.62. The molecule has 0 saturated heterocycles. The molecular weight excluding hydrogens is 296 g/mol. The first kappa shape index (κ1) is 16.0. The van der Waals surface area contributed by atoms with Gasteiger partial charge in [0.1, 0.15) is 6.10 Å². The van der Waals surface area contributed by atoms with E-state index in [0.29, 0.717) is 23.4 Å². The van der Waals surface area contributed by atoms with Crippen molar-refractivity contribution in [1.82, 2.24) is 0 Å². The lowest BCUT2D eigenvalue weighted by Crippen LogP contribution is -2.18. The Morgan fingerprint density at radius 1 is 1.23 bits per heavy atom. The molecule has 1 aliphatic rings. The van der Waals surface area contributed by atoms with Crippen LogP contribution in [0.3, 0.4) is 0 Å². The van der Waals surface area contributed by atoms with Gasteiger partial charge in [-0.3, -0.25) is 0 Å². The lowest BCUT2D eigenvalue weighted by molar-refractivity contribution is 0.123. The summed E-state index contributed by atoms with van der Waals surface area (Å²) in [6.45, 7) is 7.58. The zero-order valence-corrected chi connectivity index (χ0v) is 13.0. The summed E-state index contributed by atoms with van der Waals surface area (Å²) in [4.78, 5) is 11.3. The highest BCUT2D eigenvalue weighted by Gasteiger charge is 2.25. The van der Waals surface area contributed by atoms with E-state index in [-0.39, 0.29) is 0 Å². The zero-order chi connectivity index (χ0) is 16.3. The van der Waals surface area contributed by atoms with Gasteiger partial charge in [-0.1, -0.05) is 62.2 Å². The summed E-state index contributed by atoms with van der Waals surface area (Å²) in [5, 5.41) is -0.653. The molecule has 5 heteroatoms. The van der Waals surface area contributed by atoms with Gasteiger partial charge >= 0.3 is 5.30 Å². The Kier molecular flexibility index (Phi) is 4.78. The van der Waals surface area contributed by atoms with Crippen LogP contribution in [-0.2, 0) is 4.74 Å². The van der Waals surface area contributed by atoms with Crippen molar-refractivity contribution in [2.75, 3.05) is 0 Å². The van der Waals surface area contributed by atoms with E-state index in [1.165, 1.54) is 0 Å². The van der Waals surface area contributed by atoms with Gasteiger partial charge in [0, 0.05) is 23.1 Å². The van der Waals surface area contributed by atoms with Crippen LogP contribution in [0.1, 0.15) is 23.7 Å². The number of hydrogen-bond donors (Lipinski definition) is 3. The minimum atomic E-state index is -0.653. The fraction of sp³-hybridized carbons (Fsp3) is 0.118. The molecular formula is C17H18N2O2S. The minimum Gasteiger partial charge on any atom is -0.449 e. The van der Waals surface area contributed by atoms with Crippen molar-refractivity contribution in [2.45, 2.75) is 12.5 Å². The summed E-state index contributed by atoms with van der Waals surface area (Å²) < 4.78 is 5.35. The van der Waals surface area contributed by atoms with Gasteiger partial charge in [0.05, 0.1) is 11.4 Å². The number of ether oxygens (including phenoxy) is 1. The Hall–Kier alpha value is -2.40. The molecule has 1 unspecified atom stereocenters. The number of carbonyl (C=O) groups excluding carboxylic acids is 1. The molecule has 0 radical (unpaired) electrons. The van der Waals surface area contributed by atoms with Crippen LogP contribution in [0.4, 0.5) is 4.79 Å². The molecule has 1 aromatic rings. The van der Waals surface area contributed by atoms with Gasteiger partial charge in [0.25, 0.3) is 0 Å². The monoisotopic (exact) mass is 314 g/mol. The van der Waals surface area contributed by atoms with Crippen LogP contribution >= 0.6 is 12.6 Å². The maximum absolute atomic E-state index is 11.3. The average Bonchev–Trinajstić information content (AvgIpc) is 2.51. The van der Waals surface area contributed by atoms with E-state index >= 15 is 0 Å². The molecule has 0 saturated carbocycles. The van der Waals surface area contributed by atoms with E-state index in [1.807, 2.05) is 24.3 Å². The van der Waals surface area contributed by atoms with Crippen molar-refractivity contribution >= 4 is 23.6 Å². The molecule has 0 fully saturated rings. The van der Waals surface area contributed by atoms with Crippen LogP contribution in [0.5, 0.6) is 0 Å². The molecule has 114 valence electrons. The van der Waals surface area contributed by atoms with Crippen LogP contribution in [0.15, 0.2) is 66.4 Å². The second-order valence-electron chi connectivity index (χ2n) is 4.84. The van der Waals surface area contributed by atoms with E-state index in [9.17, 15) is 4.79 Å². The number of allylic oxidation sites excluding steroid dienone is 2. The van der Waals surface area contributed by atoms with Crippen LogP contribution in [-0.4, -0.2) is 5.30 Å². The van der Waals surface area contributed by atoms with Crippen molar-refractivity contribution in [3.63, 3.8) is 0 Å². The largest absolute Gasteiger partial charge is 0.449 e. The maximum atomic E-state index is 11.3. The van der Waals surface area contributed by atoms with E-state index in [0.717, 1.165) is 16.7 Å². The molecule has 22 heavy (non-hydrogen) atoms. The molecule has 0 spiro atoms. The standard InChI is InChI=1S/C17H18N2O2S/c1-3-10-9-14(21-17(20)22)12-7-5-6-8-13(12)16(19)15(18)11(10)4-2/h3-8,14H,1-2,9,18-19H2,(H,20,22)/b11-10-,16-15-. The minimum absolute atomic E-state index is 0.419. The first-order valence-electron chi connectivity index (χ1n) is 6.72. The Morgan fingerprint density at radius 3 is 2.50 bits per heavy atom. The van der Waals surface area contributed by atoms with Gasteiger partial charge in [-0.25, -0.2) is 4.79 Å². The van der Waals surface area contributed by atoms with Crippen molar-refractivity contribution < 1.29 is 9.53 Å². The number of rotatable bonds is 3. The Bertz CT molecular complexity index is 704. The van der Waals surface area contributed by atoms with Gasteiger partial charge in [-0.05, 0) is 5.57 Å². The fourth-order valence-corrected chi connectivity index (χ4v) is 2.69. The number of thiol groups is 1. The number of nitrogens with two attached hydrogens (primary N) is 2. The molecule has 0 aliphatic heterocycles. The highest BCUT2D eigenvalue weighted by molar-refractivity contribution is 7.96. The van der Waals surface area contributed by atoms with Gasteiger partial charge in [0.15, 0.2) is 0 Å². The molecule has 1 aliphatic carbocycles. The van der Waals surface area contributed by atoms with E-state index in [2.05, 4.69) is 25.8 Å². The molecule has 1 aromatic carbocycles. The lowest BCUT2D eigenvalue weighted by Gasteiger charge is -2.25. The van der Waals surface area contributed by atoms with Gasteiger partial charge in [-0.2, -0.15) is 0 Å². The van der Waals surface area contributed by atoms with Gasteiger partial charge in [0.2, 0.25) is 0 Å². The van der Waals surface area contributed by atoms with E-state index in [1.54, 1.807) is 12.2 Å². The molecule has 0 bridgehead atoms. The molecule has 0 heterocycles. The van der Waals surface area contributed by atoms with Gasteiger partial charge in [-0.15, -0.1) is 0 Å². The van der Waals surface area contributed by atoms with Crippen LogP contribution < -0.4 is 11.5 Å². The molecule has 1 atom stereocenters. The Morgan fingerprint density at radius 2 is 1.91 bits per heavy atom. The Balaban J connectivity index is 2.74. The number of carbonyl (C=O) groups is 1. The topological polar surface area (TPSA) is 78.3 Å². The quantitative estimate of drug-likeness (QED) is 0.590. The van der Waals surface area contributed by atoms with Crippen LogP contribution in [0.25, 0.3) is 5.70 Å². The summed E-state index contributed by atoms with van der Waals surface area (Å²) >= 11 is 3.72. The normalized spacial score (nSPS) is 24.7. The van der Waals surface area contributed by atoms with E-state index < -0.39 is 11.4 Å². The first-order chi connectivity index (χ1) is 10.5. The molecule has 4 N–H and O–H groups in total. The summed E-state index contributed by atoms with van der Waals surface area (Å²) in [5.74, 6) is 0. The third-order valence-corrected chi connectivity index (χ3v) is 3.73. The summed E-state index contributed by atoms with van der Waals surface area (Å²) in [7, 11) is 0. The average molecular weight is 314 g/mol. The van der Waals surface area contributed by atoms with Crippen molar-refractivity contribution in [3.8, 4) is 0 Å². The first-order valence-corrected chi connectivity index (χ1v) is 7.16. The Labute approximate surface area is 135 Å². The summed E-state index contributed by atoms with van der Waals surface area (Å²) in [6, 6.07) is 7.41. The van der Waals surface area contributed by atoms with Crippen molar-refractivity contribution in [3.05, 3.63) is 77.5 Å². The van der Waals surface area contributed by atoms with Crippen LogP contribution in [0, 0.1) is 0 Å². The number of fused-ring (bicyclic) bond motifs is 1. The second-order valence-corrected chi connectivity index (χ2v) is 5.20. The zero-order valence-electron chi connectivity index (χ0n) is 12.1. The second kappa shape index (κ2) is 6.58. The molecule has 0 amide bonds. The number of hydrogen-bond acceptors (Lipinski definition) is 4. The lowest BCUT2D eigenvalue weighted by atomic mass is 9.88. The van der Waals surface area contributed by atoms with E-state index in [4.69, 9.17) is 16.2 Å². The van der Waals surface area contributed by atoms with Crippen LogP contribution in [0.2, 0.25) is 0 Å². The summed E-state index contributed by atoms with van der Waals surface area (Å²) in [6.07, 6.45) is 3.20. The molecule has 4 nitrogen and oxygen atoms in total. The number of benzene rings is 1. The highest BCUT2D eigenvalue weighted by Crippen LogP contribution is 2.36. The van der Waals surface area contributed by atoms with Crippen molar-refractivity contribution in [2.24, 2.45) is 11.5 Å². The summed E-state index contributed by atoms with van der Waals surface area (Å²) in [5.41, 5.74) is 16.3. The highest BCUT2D eigenvalue weighted by atomic mass is 32.1. The van der Waals surface area contributed by atoms with Crippen molar-refractivity contribution in [1.29, 1.82) is 0 Å². The fourth-order valence-electron chi connectivity index (χ4n) is 2.57. The van der Waals surface area contributed by atoms with Gasteiger partial charge < -0.3 is 16.2 Å². The predicted octanol–water partition coefficient (Wildman–Crippen LogP) is 3.45. The maximum Gasteiger partial charge on any atom is 0.364 e. The SMILES string of the molecule is C=C/C1=C(C=C)/C(N)=C(/N)c2ccccc2C(OC(=O)S)C1. The smallest absolute Gasteiger partial charge is 0.364 e. The third kappa shape index (κ3) is 2.94. The molecule has 2 rings (SSSR count). The molecule has 0 aromatic heterocycles.